The third-order valence-corrected chi connectivity index (χ3v) is 3.92. The summed E-state index contributed by atoms with van der Waals surface area (Å²) in [6.07, 6.45) is 3.43. The summed E-state index contributed by atoms with van der Waals surface area (Å²) in [5.41, 5.74) is 4.13. The Kier molecular flexibility index (Phi) is 3.55. The van der Waals surface area contributed by atoms with Gasteiger partial charge >= 0.3 is 0 Å². The summed E-state index contributed by atoms with van der Waals surface area (Å²) in [5.74, 6) is 0.589. The van der Waals surface area contributed by atoms with Gasteiger partial charge in [-0.15, -0.1) is 0 Å². The molecule has 0 saturated carbocycles. The molecule has 0 bridgehead atoms. The van der Waals surface area contributed by atoms with Crippen LogP contribution >= 0.6 is 15.9 Å². The second-order valence-corrected chi connectivity index (χ2v) is 5.97. The van der Waals surface area contributed by atoms with Gasteiger partial charge in [-0.05, 0) is 30.3 Å². The molecule has 0 aliphatic rings. The van der Waals surface area contributed by atoms with Gasteiger partial charge in [0.25, 0.3) is 0 Å². The maximum absolute atomic E-state index is 5.83. The van der Waals surface area contributed by atoms with E-state index in [0.29, 0.717) is 11.5 Å². The summed E-state index contributed by atoms with van der Waals surface area (Å²) in [6, 6.07) is 17.8. The van der Waals surface area contributed by atoms with Crippen molar-refractivity contribution in [1.82, 2.24) is 9.97 Å². The molecular formula is C18H12BrN3O. The van der Waals surface area contributed by atoms with Crippen LogP contribution in [0.5, 0.6) is 0 Å². The van der Waals surface area contributed by atoms with E-state index >= 15 is 0 Å². The van der Waals surface area contributed by atoms with Crippen LogP contribution in [0, 0.1) is 0 Å². The predicted molar refractivity (Wildman–Crippen MR) is 94.7 cm³/mol. The number of pyridine rings is 1. The highest BCUT2D eigenvalue weighted by Crippen LogP contribution is 2.30. The largest absolute Gasteiger partial charge is 0.434 e. The molecule has 2 aromatic heterocycles. The molecule has 4 rings (SSSR count). The summed E-state index contributed by atoms with van der Waals surface area (Å²) in [4.78, 5) is 8.85. The molecule has 0 atom stereocenters. The number of halogens is 1. The highest BCUT2D eigenvalue weighted by molar-refractivity contribution is 9.10. The number of hydrogen-bond acceptors (Lipinski definition) is 4. The Labute approximate surface area is 141 Å². The van der Waals surface area contributed by atoms with Crippen molar-refractivity contribution in [2.45, 2.75) is 0 Å². The second kappa shape index (κ2) is 5.85. The number of aromatic nitrogens is 2. The van der Waals surface area contributed by atoms with Crippen LogP contribution in [0.2, 0.25) is 0 Å². The van der Waals surface area contributed by atoms with Gasteiger partial charge in [0, 0.05) is 15.7 Å². The number of nitrogens with one attached hydrogen (secondary N) is 1. The van der Waals surface area contributed by atoms with E-state index in [-0.39, 0.29) is 0 Å². The normalized spacial score (nSPS) is 10.8. The summed E-state index contributed by atoms with van der Waals surface area (Å²) >= 11 is 3.47. The third kappa shape index (κ3) is 2.83. The summed E-state index contributed by atoms with van der Waals surface area (Å²) in [6.45, 7) is 0. The first-order valence-electron chi connectivity index (χ1n) is 7.12. The van der Waals surface area contributed by atoms with Crippen molar-refractivity contribution in [2.75, 3.05) is 5.32 Å². The van der Waals surface area contributed by atoms with Crippen LogP contribution in [0.1, 0.15) is 0 Å². The average Bonchev–Trinajstić information content (AvgIpc) is 3.01. The Bertz CT molecular complexity index is 966. The monoisotopic (exact) mass is 365 g/mol. The van der Waals surface area contributed by atoms with Crippen molar-refractivity contribution < 1.29 is 4.42 Å². The molecule has 5 heteroatoms. The van der Waals surface area contributed by atoms with Crippen molar-refractivity contribution in [3.63, 3.8) is 0 Å². The maximum Gasteiger partial charge on any atom is 0.227 e. The number of hydrogen-bond donors (Lipinski definition) is 1. The lowest BCUT2D eigenvalue weighted by Gasteiger charge is -2.06. The van der Waals surface area contributed by atoms with Gasteiger partial charge in [0.1, 0.15) is 5.52 Å². The van der Waals surface area contributed by atoms with Gasteiger partial charge in [-0.25, -0.2) is 4.98 Å². The molecule has 1 N–H and O–H groups in total. The topological polar surface area (TPSA) is 51.0 Å². The van der Waals surface area contributed by atoms with Crippen LogP contribution < -0.4 is 5.32 Å². The van der Waals surface area contributed by atoms with Gasteiger partial charge in [-0.1, -0.05) is 40.2 Å². The second-order valence-electron chi connectivity index (χ2n) is 5.05. The van der Waals surface area contributed by atoms with Gasteiger partial charge < -0.3 is 9.73 Å². The maximum atomic E-state index is 5.83. The number of oxazole rings is 1. The van der Waals surface area contributed by atoms with Crippen molar-refractivity contribution in [3.05, 3.63) is 71.5 Å². The lowest BCUT2D eigenvalue weighted by molar-refractivity contribution is 0.618. The molecule has 0 aliphatic carbocycles. The molecule has 0 amide bonds. The van der Waals surface area contributed by atoms with E-state index in [9.17, 15) is 0 Å². The summed E-state index contributed by atoms with van der Waals surface area (Å²) in [5, 5.41) is 3.34. The zero-order valence-electron chi connectivity index (χ0n) is 12.0. The lowest BCUT2D eigenvalue weighted by Crippen LogP contribution is -1.92. The average molecular weight is 366 g/mol. The number of benzene rings is 2. The van der Waals surface area contributed by atoms with Crippen LogP contribution in [0.4, 0.5) is 11.4 Å². The molecular weight excluding hydrogens is 354 g/mol. The van der Waals surface area contributed by atoms with Crippen molar-refractivity contribution in [3.8, 4) is 11.5 Å². The third-order valence-electron chi connectivity index (χ3n) is 3.43. The highest BCUT2D eigenvalue weighted by Gasteiger charge is 2.12. The Hall–Kier alpha value is -2.66. The van der Waals surface area contributed by atoms with E-state index in [0.717, 1.165) is 26.9 Å². The molecule has 4 nitrogen and oxygen atoms in total. The number of fused-ring (bicyclic) bond motifs is 1. The zero-order valence-corrected chi connectivity index (χ0v) is 13.6. The first kappa shape index (κ1) is 14.0. The Morgan fingerprint density at radius 1 is 0.957 bits per heavy atom. The minimum Gasteiger partial charge on any atom is -0.434 e. The predicted octanol–water partition coefficient (Wildman–Crippen LogP) is 5.40. The van der Waals surface area contributed by atoms with E-state index in [4.69, 9.17) is 4.42 Å². The van der Waals surface area contributed by atoms with Crippen LogP contribution in [-0.2, 0) is 0 Å². The van der Waals surface area contributed by atoms with Crippen LogP contribution in [0.15, 0.2) is 75.9 Å². The Balaban J connectivity index is 1.77. The molecule has 112 valence electrons. The fourth-order valence-electron chi connectivity index (χ4n) is 2.37. The molecule has 2 aromatic carbocycles. The van der Waals surface area contributed by atoms with Gasteiger partial charge in [0.15, 0.2) is 5.58 Å². The van der Waals surface area contributed by atoms with E-state index < -0.39 is 0 Å². The fraction of sp³-hybridized carbons (Fsp3) is 0. The molecule has 4 aromatic rings. The standard InChI is InChI=1S/C18H12BrN3O/c19-13-7-4-8-14(9-13)21-15-10-20-11-16-17(15)22-18(23-16)12-5-2-1-3-6-12/h1-11,21H. The van der Waals surface area contributed by atoms with Gasteiger partial charge in [-0.3, -0.25) is 4.98 Å². The number of nitrogens with zero attached hydrogens (tertiary/aromatic N) is 2. The molecule has 0 unspecified atom stereocenters. The van der Waals surface area contributed by atoms with Crippen LogP contribution in [-0.4, -0.2) is 9.97 Å². The summed E-state index contributed by atoms with van der Waals surface area (Å²) in [7, 11) is 0. The van der Waals surface area contributed by atoms with Crippen molar-refractivity contribution in [2.24, 2.45) is 0 Å². The number of rotatable bonds is 3. The lowest BCUT2D eigenvalue weighted by atomic mass is 10.2. The van der Waals surface area contributed by atoms with Crippen LogP contribution in [0.3, 0.4) is 0 Å². The molecule has 0 aliphatic heterocycles. The molecule has 0 fully saturated rings. The highest BCUT2D eigenvalue weighted by atomic mass is 79.9. The smallest absolute Gasteiger partial charge is 0.227 e. The fourth-order valence-corrected chi connectivity index (χ4v) is 2.77. The molecule has 0 saturated heterocycles. The van der Waals surface area contributed by atoms with E-state index in [2.05, 4.69) is 31.2 Å². The first-order chi connectivity index (χ1) is 11.3. The molecule has 0 spiro atoms. The Morgan fingerprint density at radius 2 is 1.83 bits per heavy atom. The number of anilines is 2. The van der Waals surface area contributed by atoms with Gasteiger partial charge in [-0.2, -0.15) is 0 Å². The quantitative estimate of drug-likeness (QED) is 0.528. The summed E-state index contributed by atoms with van der Waals surface area (Å²) < 4.78 is 6.84. The van der Waals surface area contributed by atoms with Crippen LogP contribution in [0.25, 0.3) is 22.6 Å². The van der Waals surface area contributed by atoms with Gasteiger partial charge in [0.2, 0.25) is 5.89 Å². The minimum absolute atomic E-state index is 0.589. The van der Waals surface area contributed by atoms with Crippen molar-refractivity contribution in [1.29, 1.82) is 0 Å². The zero-order chi connectivity index (χ0) is 15.6. The molecule has 2 heterocycles. The van der Waals surface area contributed by atoms with E-state index in [1.54, 1.807) is 12.4 Å². The molecule has 23 heavy (non-hydrogen) atoms. The Morgan fingerprint density at radius 3 is 2.65 bits per heavy atom. The van der Waals surface area contributed by atoms with Gasteiger partial charge in [0.05, 0.1) is 18.1 Å². The van der Waals surface area contributed by atoms with E-state index in [1.807, 2.05) is 54.6 Å². The first-order valence-corrected chi connectivity index (χ1v) is 7.91. The SMILES string of the molecule is Brc1cccc(Nc2cncc3oc(-c4ccccc4)nc23)c1. The molecule has 0 radical (unpaired) electrons. The van der Waals surface area contributed by atoms with E-state index in [1.165, 1.54) is 0 Å². The van der Waals surface area contributed by atoms with Crippen molar-refractivity contribution >= 4 is 38.4 Å². The minimum atomic E-state index is 0.589.